The number of carbonyl (C=O) groups is 1. The van der Waals surface area contributed by atoms with E-state index in [4.69, 9.17) is 27.9 Å². The number of fused-ring (bicyclic) bond motifs is 1. The number of amides is 1. The second-order valence-electron chi connectivity index (χ2n) is 5.48. The lowest BCUT2D eigenvalue weighted by atomic mass is 10.2. The van der Waals surface area contributed by atoms with E-state index in [0.717, 1.165) is 0 Å². The molecule has 0 aliphatic heterocycles. The van der Waals surface area contributed by atoms with E-state index in [0.29, 0.717) is 44.0 Å². The van der Waals surface area contributed by atoms with Crippen LogP contribution < -0.4 is 10.1 Å². The Morgan fingerprint density at radius 2 is 1.89 bits per heavy atom. The van der Waals surface area contributed by atoms with Crippen molar-refractivity contribution in [3.8, 4) is 17.1 Å². The summed E-state index contributed by atoms with van der Waals surface area (Å²) in [7, 11) is 0. The quantitative estimate of drug-likeness (QED) is 0.508. The van der Waals surface area contributed by atoms with Crippen LogP contribution in [0.4, 0.5) is 10.6 Å². The normalized spacial score (nSPS) is 10.7. The molecule has 0 fully saturated rings. The predicted octanol–water partition coefficient (Wildman–Crippen LogP) is 4.94. The number of nitrogens with zero attached hydrogens (tertiary/aromatic N) is 3. The van der Waals surface area contributed by atoms with E-state index >= 15 is 0 Å². The average Bonchev–Trinajstić information content (AvgIpc) is 3.05. The summed E-state index contributed by atoms with van der Waals surface area (Å²) in [5, 5.41) is 10.9. The number of anilines is 1. The molecule has 0 aliphatic carbocycles. The number of nitrogens with one attached hydrogen (secondary N) is 2. The lowest BCUT2D eigenvalue weighted by Crippen LogP contribution is -2.17. The number of rotatable bonds is 3. The van der Waals surface area contributed by atoms with Gasteiger partial charge in [-0.15, -0.1) is 5.10 Å². The van der Waals surface area contributed by atoms with Gasteiger partial charge in [-0.05, 0) is 36.4 Å². The zero-order valence-electron chi connectivity index (χ0n) is 13.6. The van der Waals surface area contributed by atoms with Crippen LogP contribution in [0.2, 0.25) is 10.0 Å². The highest BCUT2D eigenvalue weighted by Crippen LogP contribution is 2.34. The highest BCUT2D eigenvalue weighted by molar-refractivity contribution is 6.39. The molecule has 2 aromatic carbocycles. The summed E-state index contributed by atoms with van der Waals surface area (Å²) < 4.78 is 5.27. The van der Waals surface area contributed by atoms with Crippen LogP contribution >= 0.6 is 23.2 Å². The van der Waals surface area contributed by atoms with Gasteiger partial charge in [0.1, 0.15) is 11.6 Å². The van der Waals surface area contributed by atoms with Gasteiger partial charge in [-0.25, -0.2) is 9.78 Å². The number of aromatic amines is 1. The smallest absolute Gasteiger partial charge is 0.410 e. The maximum absolute atomic E-state index is 12.0. The fourth-order valence-corrected chi connectivity index (χ4v) is 3.08. The third-order valence-corrected chi connectivity index (χ3v) is 4.30. The largest absolute Gasteiger partial charge is 0.418 e. The molecular weight excluding hydrogens is 389 g/mol. The molecule has 7 nitrogen and oxygen atoms in total. The topological polar surface area (TPSA) is 92.8 Å². The Balaban J connectivity index is 1.59. The molecule has 0 spiro atoms. The second-order valence-corrected chi connectivity index (χ2v) is 6.30. The third kappa shape index (κ3) is 3.69. The maximum Gasteiger partial charge on any atom is 0.418 e. The summed E-state index contributed by atoms with van der Waals surface area (Å²) in [6.45, 7) is 0. The van der Waals surface area contributed by atoms with Crippen molar-refractivity contribution in [2.75, 3.05) is 5.32 Å². The van der Waals surface area contributed by atoms with Crippen molar-refractivity contribution >= 4 is 46.1 Å². The van der Waals surface area contributed by atoms with Crippen LogP contribution in [0.15, 0.2) is 54.7 Å². The molecule has 0 radical (unpaired) electrons. The van der Waals surface area contributed by atoms with E-state index in [2.05, 4.69) is 25.5 Å². The lowest BCUT2D eigenvalue weighted by molar-refractivity contribution is 0.215. The van der Waals surface area contributed by atoms with E-state index in [1.807, 2.05) is 0 Å². The molecule has 2 aromatic heterocycles. The summed E-state index contributed by atoms with van der Waals surface area (Å²) in [5.74, 6) is 1.16. The van der Waals surface area contributed by atoms with Gasteiger partial charge in [0.05, 0.1) is 26.6 Å². The van der Waals surface area contributed by atoms with Crippen molar-refractivity contribution in [3.63, 3.8) is 0 Å². The van der Waals surface area contributed by atoms with Gasteiger partial charge >= 0.3 is 6.09 Å². The summed E-state index contributed by atoms with van der Waals surface area (Å²) >= 11 is 12.5. The Labute approximate surface area is 163 Å². The van der Waals surface area contributed by atoms with Crippen LogP contribution in [0.5, 0.6) is 5.75 Å². The first-order valence-corrected chi connectivity index (χ1v) is 8.56. The molecule has 134 valence electrons. The monoisotopic (exact) mass is 399 g/mol. The van der Waals surface area contributed by atoms with Crippen LogP contribution in [0.1, 0.15) is 0 Å². The highest BCUT2D eigenvalue weighted by Gasteiger charge is 2.14. The number of hydrogen-bond acceptors (Lipinski definition) is 5. The number of hydrogen-bond donors (Lipinski definition) is 2. The SMILES string of the molecule is O=C(Nc1cccnn1)Oc1ccc2nc(-c3c(Cl)cccc3Cl)[nH]c2c1. The minimum Gasteiger partial charge on any atom is -0.410 e. The minimum atomic E-state index is -0.677. The van der Waals surface area contributed by atoms with Crippen molar-refractivity contribution in [1.82, 2.24) is 20.2 Å². The van der Waals surface area contributed by atoms with Gasteiger partial charge in [-0.3, -0.25) is 5.32 Å². The second kappa shape index (κ2) is 7.22. The number of halogens is 2. The molecule has 2 heterocycles. The first-order chi connectivity index (χ1) is 13.1. The van der Waals surface area contributed by atoms with Crippen molar-refractivity contribution in [1.29, 1.82) is 0 Å². The van der Waals surface area contributed by atoms with Gasteiger partial charge in [0, 0.05) is 12.3 Å². The van der Waals surface area contributed by atoms with E-state index < -0.39 is 6.09 Å². The molecule has 0 saturated carbocycles. The highest BCUT2D eigenvalue weighted by atomic mass is 35.5. The maximum atomic E-state index is 12.0. The first-order valence-electron chi connectivity index (χ1n) is 7.81. The van der Waals surface area contributed by atoms with Gasteiger partial charge in [0.15, 0.2) is 5.82 Å². The van der Waals surface area contributed by atoms with Crippen LogP contribution in [0, 0.1) is 0 Å². The van der Waals surface area contributed by atoms with E-state index in [1.165, 1.54) is 6.20 Å². The van der Waals surface area contributed by atoms with Gasteiger partial charge in [0.25, 0.3) is 0 Å². The Bertz CT molecular complexity index is 1110. The standard InChI is InChI=1S/C18H11Cl2N5O2/c19-11-3-1-4-12(20)16(11)17-22-13-7-6-10(9-14(13)23-17)27-18(26)24-15-5-2-8-21-25-15/h1-9H,(H,22,23)(H,24,25,26). The van der Waals surface area contributed by atoms with Gasteiger partial charge in [-0.2, -0.15) is 5.10 Å². The molecule has 0 unspecified atom stereocenters. The summed E-state index contributed by atoms with van der Waals surface area (Å²) in [6, 6.07) is 13.5. The van der Waals surface area contributed by atoms with Crippen LogP contribution in [-0.2, 0) is 0 Å². The molecule has 0 aliphatic rings. The molecule has 9 heteroatoms. The van der Waals surface area contributed by atoms with Crippen LogP contribution in [0.25, 0.3) is 22.4 Å². The van der Waals surface area contributed by atoms with Crippen molar-refractivity contribution in [2.45, 2.75) is 0 Å². The fourth-order valence-electron chi connectivity index (χ4n) is 2.50. The Morgan fingerprint density at radius 3 is 2.63 bits per heavy atom. The molecule has 0 saturated heterocycles. The predicted molar refractivity (Wildman–Crippen MR) is 103 cm³/mol. The summed E-state index contributed by atoms with van der Waals surface area (Å²) in [6.07, 6.45) is 0.828. The Kier molecular flexibility index (Phi) is 4.62. The van der Waals surface area contributed by atoms with Crippen LogP contribution in [0.3, 0.4) is 0 Å². The van der Waals surface area contributed by atoms with E-state index in [9.17, 15) is 4.79 Å². The third-order valence-electron chi connectivity index (χ3n) is 3.67. The van der Waals surface area contributed by atoms with Crippen LogP contribution in [-0.4, -0.2) is 26.3 Å². The molecule has 4 rings (SSSR count). The molecule has 0 bridgehead atoms. The average molecular weight is 400 g/mol. The zero-order chi connectivity index (χ0) is 18.8. The first kappa shape index (κ1) is 17.3. The van der Waals surface area contributed by atoms with Gasteiger partial charge in [-0.1, -0.05) is 29.3 Å². The van der Waals surface area contributed by atoms with E-state index in [-0.39, 0.29) is 0 Å². The Morgan fingerprint density at radius 1 is 1.07 bits per heavy atom. The number of benzene rings is 2. The molecular formula is C18H11Cl2N5O2. The molecule has 1 amide bonds. The van der Waals surface area contributed by atoms with Crippen molar-refractivity contribution in [2.24, 2.45) is 0 Å². The molecule has 2 N–H and O–H groups in total. The number of imidazole rings is 1. The minimum absolute atomic E-state index is 0.292. The number of ether oxygens (including phenoxy) is 1. The molecule has 27 heavy (non-hydrogen) atoms. The lowest BCUT2D eigenvalue weighted by Gasteiger charge is -2.05. The van der Waals surface area contributed by atoms with Gasteiger partial charge < -0.3 is 9.72 Å². The number of carbonyl (C=O) groups excluding carboxylic acids is 1. The van der Waals surface area contributed by atoms with Crippen molar-refractivity contribution in [3.05, 3.63) is 64.8 Å². The van der Waals surface area contributed by atoms with E-state index in [1.54, 1.807) is 48.5 Å². The summed E-state index contributed by atoms with van der Waals surface area (Å²) in [5.41, 5.74) is 1.97. The Hall–Kier alpha value is -3.16. The van der Waals surface area contributed by atoms with Crippen molar-refractivity contribution < 1.29 is 9.53 Å². The number of aromatic nitrogens is 4. The molecule has 4 aromatic rings. The zero-order valence-corrected chi connectivity index (χ0v) is 15.1. The number of H-pyrrole nitrogens is 1. The van der Waals surface area contributed by atoms with Gasteiger partial charge in [0.2, 0.25) is 0 Å². The summed E-state index contributed by atoms with van der Waals surface area (Å²) in [4.78, 5) is 19.6. The fraction of sp³-hybridized carbons (Fsp3) is 0. The molecule has 0 atom stereocenters.